The number of nitriles is 1. The van der Waals surface area contributed by atoms with E-state index in [2.05, 4.69) is 32.9 Å². The lowest BCUT2D eigenvalue weighted by molar-refractivity contribution is -0.144. The van der Waals surface area contributed by atoms with Crippen LogP contribution in [0.1, 0.15) is 47.0 Å². The highest BCUT2D eigenvalue weighted by atomic mass is 16.4. The van der Waals surface area contributed by atoms with Gasteiger partial charge in [-0.15, -0.1) is 0 Å². The number of hydrogen-bond donors (Lipinski definition) is 1. The Hall–Kier alpha value is -1.30. The van der Waals surface area contributed by atoms with Crippen LogP contribution in [-0.2, 0) is 4.79 Å². The van der Waals surface area contributed by atoms with Crippen molar-refractivity contribution in [1.82, 2.24) is 0 Å². The normalized spacial score (nSPS) is 43.5. The number of hydrogen-bond acceptors (Lipinski definition) is 2. The number of allylic oxidation sites excluding steroid dienone is 2. The minimum atomic E-state index is -0.735. The van der Waals surface area contributed by atoms with Crippen molar-refractivity contribution < 1.29 is 9.90 Å². The number of carbonyl (C=O) groups is 1. The van der Waals surface area contributed by atoms with Gasteiger partial charge in [0.2, 0.25) is 0 Å². The maximum absolute atomic E-state index is 11.6. The third-order valence-electron chi connectivity index (χ3n) is 5.41. The van der Waals surface area contributed by atoms with Crippen LogP contribution in [0.3, 0.4) is 0 Å². The highest BCUT2D eigenvalue weighted by molar-refractivity contribution is 5.79. The lowest BCUT2D eigenvalue weighted by Crippen LogP contribution is -2.28. The van der Waals surface area contributed by atoms with Crippen molar-refractivity contribution in [3.63, 3.8) is 0 Å². The Bertz CT molecular complexity index is 472. The molecule has 0 unspecified atom stereocenters. The van der Waals surface area contributed by atoms with Gasteiger partial charge in [0.25, 0.3) is 0 Å². The van der Waals surface area contributed by atoms with E-state index in [1.807, 2.05) is 6.92 Å². The van der Waals surface area contributed by atoms with Crippen LogP contribution in [0, 0.1) is 39.9 Å². The predicted octanol–water partition coefficient (Wildman–Crippen LogP) is 3.62. The fourth-order valence-corrected chi connectivity index (χ4v) is 3.79. The highest BCUT2D eigenvalue weighted by Crippen LogP contribution is 2.67. The van der Waals surface area contributed by atoms with Crippen LogP contribution in [0.4, 0.5) is 0 Å². The number of carboxylic acids is 1. The van der Waals surface area contributed by atoms with E-state index in [0.29, 0.717) is 0 Å². The molecule has 0 spiro atoms. The van der Waals surface area contributed by atoms with Gasteiger partial charge in [0.1, 0.15) is 0 Å². The molecule has 0 radical (unpaired) electrons. The fourth-order valence-electron chi connectivity index (χ4n) is 3.79. The summed E-state index contributed by atoms with van der Waals surface area (Å²) in [6.07, 6.45) is 4.94. The summed E-state index contributed by atoms with van der Waals surface area (Å²) in [6.45, 7) is 8.12. The summed E-state index contributed by atoms with van der Waals surface area (Å²) in [6, 6.07) is 2.41. The van der Waals surface area contributed by atoms with E-state index in [-0.39, 0.29) is 23.2 Å². The molecule has 0 aliphatic heterocycles. The Morgan fingerprint density at radius 2 is 2.11 bits per heavy atom. The zero-order chi connectivity index (χ0) is 14.4. The molecule has 3 heteroatoms. The number of aliphatic carboxylic acids is 1. The second-order valence-electron chi connectivity index (χ2n) is 7.11. The third kappa shape index (κ3) is 2.08. The molecule has 1 N–H and O–H groups in total. The van der Waals surface area contributed by atoms with E-state index in [9.17, 15) is 15.2 Å². The minimum Gasteiger partial charge on any atom is -0.481 e. The maximum atomic E-state index is 11.6. The van der Waals surface area contributed by atoms with Gasteiger partial charge in [-0.1, -0.05) is 25.5 Å². The largest absolute Gasteiger partial charge is 0.481 e. The monoisotopic (exact) mass is 261 g/mol. The third-order valence-corrected chi connectivity index (χ3v) is 5.41. The number of carboxylic acid groups (broad SMARTS) is 1. The highest BCUT2D eigenvalue weighted by Gasteiger charge is 2.70. The molecule has 0 bridgehead atoms. The first-order chi connectivity index (χ1) is 8.75. The molecule has 1 fully saturated rings. The van der Waals surface area contributed by atoms with Gasteiger partial charge in [-0.2, -0.15) is 5.26 Å². The Labute approximate surface area is 115 Å². The summed E-state index contributed by atoms with van der Waals surface area (Å²) in [4.78, 5) is 11.6. The van der Waals surface area contributed by atoms with Gasteiger partial charge in [0.15, 0.2) is 0 Å². The second kappa shape index (κ2) is 4.37. The number of nitrogens with zero attached hydrogens (tertiary/aromatic N) is 1. The van der Waals surface area contributed by atoms with Crippen LogP contribution >= 0.6 is 0 Å². The van der Waals surface area contributed by atoms with Crippen LogP contribution in [-0.4, -0.2) is 11.1 Å². The van der Waals surface area contributed by atoms with Crippen LogP contribution in [0.5, 0.6) is 0 Å². The standard InChI is InChI=1S/C16H23NO2/c1-10-5-6-11-13(16(11,4)14(18)19)12(9-17)15(2,3)8-7-10/h7,11-13H,5-6,8H2,1-4H3,(H,18,19)/b10-7+/t11-,12+,13-,16+/m1/s1. The van der Waals surface area contributed by atoms with Gasteiger partial charge in [0, 0.05) is 0 Å². The van der Waals surface area contributed by atoms with Gasteiger partial charge in [-0.25, -0.2) is 0 Å². The van der Waals surface area contributed by atoms with Gasteiger partial charge in [-0.3, -0.25) is 4.79 Å². The van der Waals surface area contributed by atoms with E-state index in [0.717, 1.165) is 19.3 Å². The van der Waals surface area contributed by atoms with Crippen LogP contribution in [0.25, 0.3) is 0 Å². The summed E-state index contributed by atoms with van der Waals surface area (Å²) in [5, 5.41) is 19.1. The van der Waals surface area contributed by atoms with E-state index >= 15 is 0 Å². The molecule has 19 heavy (non-hydrogen) atoms. The molecule has 4 atom stereocenters. The molecule has 0 saturated heterocycles. The summed E-state index contributed by atoms with van der Waals surface area (Å²) in [7, 11) is 0. The molecular formula is C16H23NO2. The molecule has 104 valence electrons. The average Bonchev–Trinajstić information content (AvgIpc) is 2.90. The lowest BCUT2D eigenvalue weighted by atomic mass is 9.72. The van der Waals surface area contributed by atoms with Crippen molar-refractivity contribution in [3.8, 4) is 6.07 Å². The summed E-state index contributed by atoms with van der Waals surface area (Å²) in [5.41, 5.74) is 0.469. The molecule has 3 nitrogen and oxygen atoms in total. The molecule has 2 aliphatic carbocycles. The van der Waals surface area contributed by atoms with Crippen LogP contribution < -0.4 is 0 Å². The molecule has 1 saturated carbocycles. The first kappa shape index (κ1) is 14.1. The Balaban J connectivity index is 2.40. The van der Waals surface area contributed by atoms with Gasteiger partial charge in [-0.05, 0) is 50.4 Å². The van der Waals surface area contributed by atoms with E-state index in [4.69, 9.17) is 0 Å². The van der Waals surface area contributed by atoms with E-state index < -0.39 is 11.4 Å². The Morgan fingerprint density at radius 1 is 1.47 bits per heavy atom. The molecule has 0 heterocycles. The van der Waals surface area contributed by atoms with Crippen LogP contribution in [0.15, 0.2) is 11.6 Å². The molecule has 2 aliphatic rings. The molecule has 0 aromatic carbocycles. The van der Waals surface area contributed by atoms with Crippen LogP contribution in [0.2, 0.25) is 0 Å². The first-order valence-corrected chi connectivity index (χ1v) is 7.03. The number of rotatable bonds is 1. The van der Waals surface area contributed by atoms with Gasteiger partial charge in [0.05, 0.1) is 17.4 Å². The summed E-state index contributed by atoms with van der Waals surface area (Å²) >= 11 is 0. The number of fused-ring (bicyclic) bond motifs is 1. The van der Waals surface area contributed by atoms with E-state index in [1.54, 1.807) is 0 Å². The Kier molecular flexibility index (Phi) is 3.24. The zero-order valence-electron chi connectivity index (χ0n) is 12.2. The van der Waals surface area contributed by atoms with Crippen molar-refractivity contribution in [2.24, 2.45) is 28.6 Å². The molecule has 0 aromatic heterocycles. The van der Waals surface area contributed by atoms with E-state index in [1.165, 1.54) is 5.57 Å². The van der Waals surface area contributed by atoms with Crippen molar-refractivity contribution in [3.05, 3.63) is 11.6 Å². The van der Waals surface area contributed by atoms with Crippen molar-refractivity contribution in [2.75, 3.05) is 0 Å². The minimum absolute atomic E-state index is 0.00398. The topological polar surface area (TPSA) is 61.1 Å². The van der Waals surface area contributed by atoms with Gasteiger partial charge >= 0.3 is 5.97 Å². The average molecular weight is 261 g/mol. The quantitative estimate of drug-likeness (QED) is 0.733. The van der Waals surface area contributed by atoms with Crippen molar-refractivity contribution in [2.45, 2.75) is 47.0 Å². The summed E-state index contributed by atoms with van der Waals surface area (Å²) < 4.78 is 0. The van der Waals surface area contributed by atoms with Gasteiger partial charge < -0.3 is 5.11 Å². The SMILES string of the molecule is C/C1=C\CC(C)(C)[C@@H](C#N)[C@H]2[C@@H](CC1)[C@]2(C)C(=O)O. The van der Waals surface area contributed by atoms with Crippen molar-refractivity contribution in [1.29, 1.82) is 5.26 Å². The molecule has 0 aromatic rings. The lowest BCUT2D eigenvalue weighted by Gasteiger charge is -2.30. The summed E-state index contributed by atoms with van der Waals surface area (Å²) in [5.74, 6) is -0.763. The first-order valence-electron chi connectivity index (χ1n) is 7.03. The smallest absolute Gasteiger partial charge is 0.309 e. The van der Waals surface area contributed by atoms with Crippen molar-refractivity contribution >= 4 is 5.97 Å². The maximum Gasteiger partial charge on any atom is 0.309 e. The Morgan fingerprint density at radius 3 is 2.63 bits per heavy atom. The zero-order valence-corrected chi connectivity index (χ0v) is 12.2. The molecule has 2 rings (SSSR count). The predicted molar refractivity (Wildman–Crippen MR) is 73.2 cm³/mol. The fraction of sp³-hybridized carbons (Fsp3) is 0.750. The second-order valence-corrected chi connectivity index (χ2v) is 7.11. The molecule has 0 amide bonds. The molecular weight excluding hydrogens is 238 g/mol.